The minimum Gasteiger partial charge on any atom is -2.00 e. The zero-order valence-corrected chi connectivity index (χ0v) is 18.6. The van der Waals surface area contributed by atoms with Crippen LogP contribution in [0.2, 0.25) is 0 Å². The van der Waals surface area contributed by atoms with Crippen LogP contribution in [0.3, 0.4) is 0 Å². The maximum absolute atomic E-state index is 9.89. The topological polar surface area (TPSA) is 29.5 Å². The van der Waals surface area contributed by atoms with Crippen molar-refractivity contribution < 1.29 is 28.9 Å². The summed E-state index contributed by atoms with van der Waals surface area (Å²) >= 11 is 6.56. The minimum atomic E-state index is -2.54. The molecule has 0 aliphatic rings. The third-order valence-electron chi connectivity index (χ3n) is 2.50. The third-order valence-corrected chi connectivity index (χ3v) is 6.92. The zero-order valence-electron chi connectivity index (χ0n) is 12.3. The van der Waals surface area contributed by atoms with E-state index in [0.29, 0.717) is 6.61 Å². The molecule has 0 aromatic carbocycles. The van der Waals surface area contributed by atoms with Gasteiger partial charge in [-0.25, -0.2) is 0 Å². The van der Waals surface area contributed by atoms with Gasteiger partial charge in [-0.3, -0.25) is 0 Å². The molecule has 19 heavy (non-hydrogen) atoms. The second-order valence-electron chi connectivity index (χ2n) is 4.26. The van der Waals surface area contributed by atoms with E-state index < -0.39 is 5.69 Å². The molecule has 0 saturated heterocycles. The zero-order chi connectivity index (χ0) is 13.0. The predicted octanol–water partition coefficient (Wildman–Crippen LogP) is 5.11. The average Bonchev–Trinajstić information content (AvgIpc) is 2.28. The molecule has 0 amide bonds. The van der Waals surface area contributed by atoms with Gasteiger partial charge in [0.05, 0.1) is 6.61 Å². The first kappa shape index (κ1) is 25.8. The Labute approximate surface area is 148 Å². The fourth-order valence-corrected chi connectivity index (χ4v) is 4.87. The molecule has 0 aromatic rings. The van der Waals surface area contributed by atoms with Gasteiger partial charge in [0, 0.05) is 5.75 Å². The van der Waals surface area contributed by atoms with Crippen LogP contribution in [0.5, 0.6) is 0 Å². The van der Waals surface area contributed by atoms with Gasteiger partial charge in [0.15, 0.2) is 0 Å². The molecule has 0 heterocycles. The largest absolute Gasteiger partial charge is 2.00 e. The van der Waals surface area contributed by atoms with Crippen molar-refractivity contribution in [3.63, 3.8) is 0 Å². The Hall–Kier alpha value is 1.89. The second kappa shape index (κ2) is 17.9. The van der Waals surface area contributed by atoms with Crippen molar-refractivity contribution in [3.05, 3.63) is 0 Å². The van der Waals surface area contributed by atoms with Crippen molar-refractivity contribution in [1.29, 1.82) is 0 Å². The number of hydrogen-bond donors (Lipinski definition) is 1. The monoisotopic (exact) mass is 394 g/mol. The summed E-state index contributed by atoms with van der Waals surface area (Å²) in [5, 5.41) is 0. The van der Waals surface area contributed by atoms with E-state index >= 15 is 0 Å². The molecule has 1 N–H and O–H groups in total. The molecule has 1 unspecified atom stereocenters. The Morgan fingerprint density at radius 1 is 1.00 bits per heavy atom. The van der Waals surface area contributed by atoms with E-state index in [9.17, 15) is 4.89 Å². The molecule has 112 valence electrons. The smallest absolute Gasteiger partial charge is 2.00 e. The van der Waals surface area contributed by atoms with E-state index in [-0.39, 0.29) is 33.0 Å². The quantitative estimate of drug-likeness (QED) is 0.282. The van der Waals surface area contributed by atoms with Gasteiger partial charge < -0.3 is 22.9 Å². The Kier molecular flexibility index (Phi) is 24.4. The van der Waals surface area contributed by atoms with Crippen LogP contribution < -0.4 is 0 Å². The predicted molar refractivity (Wildman–Crippen MR) is 90.6 cm³/mol. The molecule has 2 nitrogen and oxygen atoms in total. The average molecular weight is 396 g/mol. The molecule has 0 aliphatic heterocycles. The number of unbranched alkanes of at least 4 members (excludes halogenated alkanes) is 6. The molecule has 0 saturated carbocycles. The summed E-state index contributed by atoms with van der Waals surface area (Å²) in [6, 6.07) is 0. The minimum absolute atomic E-state index is 0. The molecule has 0 aliphatic carbocycles. The van der Waals surface area contributed by atoms with Crippen LogP contribution in [0.15, 0.2) is 0 Å². The molecule has 7 heteroatoms. The fourth-order valence-electron chi connectivity index (χ4n) is 1.45. The van der Waals surface area contributed by atoms with E-state index in [0.717, 1.165) is 18.6 Å². The van der Waals surface area contributed by atoms with E-state index in [1.807, 2.05) is 0 Å². The Balaban J connectivity index is -0.00000128. The summed E-state index contributed by atoms with van der Waals surface area (Å²) in [4.78, 5) is 9.89. The maximum Gasteiger partial charge on any atom is 2.00 e. The van der Waals surface area contributed by atoms with E-state index in [2.05, 4.69) is 13.8 Å². The van der Waals surface area contributed by atoms with Crippen LogP contribution in [0.1, 0.15) is 65.2 Å². The van der Waals surface area contributed by atoms with Crippen molar-refractivity contribution in [2.45, 2.75) is 65.2 Å². The van der Waals surface area contributed by atoms with Gasteiger partial charge in [0.1, 0.15) is 0 Å². The first-order chi connectivity index (χ1) is 8.12. The molecule has 0 fully saturated rings. The molecule has 0 bridgehead atoms. The normalized spacial score (nSPS) is 13.2. The summed E-state index contributed by atoms with van der Waals surface area (Å²) in [5.74, 6) is 0.933. The van der Waals surface area contributed by atoms with E-state index in [1.54, 1.807) is 0 Å². The van der Waals surface area contributed by atoms with E-state index in [1.165, 1.54) is 49.9 Å². The van der Waals surface area contributed by atoms with Gasteiger partial charge in [0.25, 0.3) is 0 Å². The van der Waals surface area contributed by atoms with Gasteiger partial charge in [-0.1, -0.05) is 63.8 Å². The van der Waals surface area contributed by atoms with Crippen molar-refractivity contribution in [2.75, 3.05) is 12.4 Å². The Morgan fingerprint density at radius 2 is 1.53 bits per heavy atom. The van der Waals surface area contributed by atoms with Gasteiger partial charge in [-0.05, 0) is 24.6 Å². The van der Waals surface area contributed by atoms with Crippen molar-refractivity contribution in [1.82, 2.24) is 0 Å². The molecular formula is C12H27O2PS3Zn. The second-order valence-corrected chi connectivity index (χ2v) is 10.6. The standard InChI is InChI=1S/C12H27O2PS2.S.Zn/c1-3-5-7-9-11-14-15(13,16)17-12-10-8-6-4-2;;/h3-12H2,1-2H3,(H,13,16);;/q;-2;+2. The number of hydrogen-bond acceptors (Lipinski definition) is 3. The molecule has 0 rings (SSSR count). The first-order valence-electron chi connectivity index (χ1n) is 6.74. The van der Waals surface area contributed by atoms with Crippen LogP contribution in [0.25, 0.3) is 0 Å². The van der Waals surface area contributed by atoms with E-state index in [4.69, 9.17) is 16.3 Å². The van der Waals surface area contributed by atoms with Gasteiger partial charge in [-0.15, -0.1) is 0 Å². The van der Waals surface area contributed by atoms with Crippen LogP contribution >= 0.6 is 17.1 Å². The van der Waals surface area contributed by atoms with Crippen molar-refractivity contribution in [2.24, 2.45) is 0 Å². The molecular weight excluding hydrogens is 369 g/mol. The SMILES string of the molecule is CCCCCCOP(O)(=S)SCCCCCC.[S-2].[Zn+2]. The van der Waals surface area contributed by atoms with Gasteiger partial charge in [0.2, 0.25) is 5.69 Å². The molecule has 0 radical (unpaired) electrons. The van der Waals surface area contributed by atoms with Gasteiger partial charge in [-0.2, -0.15) is 0 Å². The first-order valence-corrected chi connectivity index (χ1v) is 11.0. The molecule has 0 spiro atoms. The van der Waals surface area contributed by atoms with Crippen molar-refractivity contribution in [3.8, 4) is 0 Å². The summed E-state index contributed by atoms with van der Waals surface area (Å²) in [7, 11) is 0. The van der Waals surface area contributed by atoms with Crippen LogP contribution in [0, 0.1) is 0 Å². The summed E-state index contributed by atoms with van der Waals surface area (Å²) in [6.07, 6.45) is 9.53. The summed E-state index contributed by atoms with van der Waals surface area (Å²) in [6.45, 7) is 5.00. The summed E-state index contributed by atoms with van der Waals surface area (Å²) < 4.78 is 5.43. The van der Waals surface area contributed by atoms with Crippen LogP contribution in [-0.2, 0) is 49.3 Å². The third kappa shape index (κ3) is 19.9. The molecule has 0 aromatic heterocycles. The van der Waals surface area contributed by atoms with Crippen molar-refractivity contribution >= 4 is 42.4 Å². The number of rotatable bonds is 12. The fraction of sp³-hybridized carbons (Fsp3) is 1.00. The maximum atomic E-state index is 9.89. The Bertz CT molecular complexity index is 203. The summed E-state index contributed by atoms with van der Waals surface area (Å²) in [5.41, 5.74) is -2.54. The Morgan fingerprint density at radius 3 is 2.05 bits per heavy atom. The molecule has 1 atom stereocenters. The van der Waals surface area contributed by atoms with Gasteiger partial charge >= 0.3 is 19.5 Å². The van der Waals surface area contributed by atoms with Crippen LogP contribution in [-0.4, -0.2) is 17.3 Å². The van der Waals surface area contributed by atoms with Crippen LogP contribution in [0.4, 0.5) is 0 Å².